The van der Waals surface area contributed by atoms with E-state index in [2.05, 4.69) is 15.6 Å². The second-order valence-corrected chi connectivity index (χ2v) is 6.11. The molecule has 1 aromatic carbocycles. The lowest BCUT2D eigenvalue weighted by molar-refractivity contribution is -0.122. The predicted molar refractivity (Wildman–Crippen MR) is 92.9 cm³/mol. The molecule has 1 aliphatic heterocycles. The van der Waals surface area contributed by atoms with Gasteiger partial charge in [0.25, 0.3) is 0 Å². The van der Waals surface area contributed by atoms with Gasteiger partial charge in [-0.25, -0.2) is 9.37 Å². The van der Waals surface area contributed by atoms with E-state index in [4.69, 9.17) is 4.74 Å². The van der Waals surface area contributed by atoms with Gasteiger partial charge in [0.15, 0.2) is 0 Å². The van der Waals surface area contributed by atoms with E-state index in [1.165, 1.54) is 13.2 Å². The van der Waals surface area contributed by atoms with Crippen molar-refractivity contribution < 1.29 is 13.9 Å². The highest BCUT2D eigenvalue weighted by molar-refractivity contribution is 5.82. The highest BCUT2D eigenvalue weighted by Crippen LogP contribution is 2.21. The van der Waals surface area contributed by atoms with Crippen molar-refractivity contribution in [2.75, 3.05) is 13.7 Å². The Morgan fingerprint density at radius 1 is 1.40 bits per heavy atom. The number of amides is 1. The molecule has 1 aliphatic rings. The summed E-state index contributed by atoms with van der Waals surface area (Å²) >= 11 is 0. The number of pyridine rings is 1. The highest BCUT2D eigenvalue weighted by Gasteiger charge is 2.22. The largest absolute Gasteiger partial charge is 0.481 e. The number of carbonyl (C=O) groups is 1. The van der Waals surface area contributed by atoms with Crippen molar-refractivity contribution in [2.45, 2.75) is 31.8 Å². The van der Waals surface area contributed by atoms with Gasteiger partial charge >= 0.3 is 0 Å². The Bertz CT molecular complexity index is 731. The van der Waals surface area contributed by atoms with E-state index in [1.54, 1.807) is 0 Å². The molecule has 1 aromatic heterocycles. The molecule has 0 unspecified atom stereocenters. The molecule has 5 nitrogen and oxygen atoms in total. The molecule has 0 bridgehead atoms. The zero-order valence-electron chi connectivity index (χ0n) is 14.2. The van der Waals surface area contributed by atoms with E-state index in [0.29, 0.717) is 23.6 Å². The van der Waals surface area contributed by atoms with Crippen molar-refractivity contribution in [1.29, 1.82) is 0 Å². The Hall–Kier alpha value is -2.47. The quantitative estimate of drug-likeness (QED) is 0.844. The van der Waals surface area contributed by atoms with Gasteiger partial charge in [0.05, 0.1) is 18.8 Å². The topological polar surface area (TPSA) is 63.2 Å². The number of halogens is 1. The number of carbonyl (C=O) groups excluding carboxylic acids is 1. The van der Waals surface area contributed by atoms with Crippen molar-refractivity contribution in [1.82, 2.24) is 15.6 Å². The zero-order valence-corrected chi connectivity index (χ0v) is 14.2. The summed E-state index contributed by atoms with van der Waals surface area (Å²) in [5.74, 6) is -0.131. The molecule has 2 aromatic rings. The van der Waals surface area contributed by atoms with Crippen LogP contribution in [0.3, 0.4) is 0 Å². The van der Waals surface area contributed by atoms with Gasteiger partial charge in [0.1, 0.15) is 5.82 Å². The molecule has 2 heterocycles. The average molecular weight is 343 g/mol. The van der Waals surface area contributed by atoms with Gasteiger partial charge < -0.3 is 15.4 Å². The van der Waals surface area contributed by atoms with Gasteiger partial charge in [-0.05, 0) is 31.0 Å². The molecule has 3 rings (SSSR count). The minimum Gasteiger partial charge on any atom is -0.481 e. The van der Waals surface area contributed by atoms with Crippen LogP contribution in [-0.4, -0.2) is 30.6 Å². The molecule has 0 radical (unpaired) electrons. The van der Waals surface area contributed by atoms with Crippen LogP contribution in [0.15, 0.2) is 36.4 Å². The number of hydrogen-bond donors (Lipinski definition) is 2. The molecule has 0 saturated carbocycles. The average Bonchev–Trinajstić information content (AvgIpc) is 3.17. The number of nitrogens with one attached hydrogen (secondary N) is 2. The van der Waals surface area contributed by atoms with Crippen molar-refractivity contribution >= 4 is 5.91 Å². The number of hydrogen-bond acceptors (Lipinski definition) is 4. The maximum atomic E-state index is 14.4. The minimum absolute atomic E-state index is 0.0756. The highest BCUT2D eigenvalue weighted by atomic mass is 19.1. The van der Waals surface area contributed by atoms with Crippen LogP contribution in [-0.2, 0) is 17.8 Å². The minimum atomic E-state index is -0.395. The Balaban J connectivity index is 1.71. The Morgan fingerprint density at radius 3 is 2.88 bits per heavy atom. The Kier molecular flexibility index (Phi) is 5.60. The molecule has 0 aliphatic carbocycles. The lowest BCUT2D eigenvalue weighted by Gasteiger charge is -2.14. The number of aromatic nitrogens is 1. The third kappa shape index (κ3) is 4.33. The van der Waals surface area contributed by atoms with E-state index in [1.807, 2.05) is 30.3 Å². The lowest BCUT2D eigenvalue weighted by Crippen LogP contribution is -2.40. The van der Waals surface area contributed by atoms with Crippen LogP contribution >= 0.6 is 0 Å². The van der Waals surface area contributed by atoms with Gasteiger partial charge in [0, 0.05) is 18.5 Å². The summed E-state index contributed by atoms with van der Waals surface area (Å²) in [6.07, 6.45) is 2.21. The first-order valence-corrected chi connectivity index (χ1v) is 8.44. The van der Waals surface area contributed by atoms with Crippen LogP contribution in [0.25, 0.3) is 0 Å². The van der Waals surface area contributed by atoms with Gasteiger partial charge in [0.2, 0.25) is 11.8 Å². The van der Waals surface area contributed by atoms with Crippen LogP contribution in [0.5, 0.6) is 5.88 Å². The molecule has 1 fully saturated rings. The first-order chi connectivity index (χ1) is 12.2. The fraction of sp³-hybridized carbons (Fsp3) is 0.368. The number of methoxy groups -OCH3 is 1. The summed E-state index contributed by atoms with van der Waals surface area (Å²) < 4.78 is 19.7. The van der Waals surface area contributed by atoms with Crippen LogP contribution < -0.4 is 15.4 Å². The van der Waals surface area contributed by atoms with E-state index in [9.17, 15) is 9.18 Å². The monoisotopic (exact) mass is 343 g/mol. The van der Waals surface area contributed by atoms with E-state index in [0.717, 1.165) is 24.9 Å². The lowest BCUT2D eigenvalue weighted by atomic mass is 10.1. The number of benzene rings is 1. The van der Waals surface area contributed by atoms with E-state index < -0.39 is 5.82 Å². The van der Waals surface area contributed by atoms with Gasteiger partial charge in [-0.1, -0.05) is 30.3 Å². The molecular weight excluding hydrogens is 321 g/mol. The summed E-state index contributed by atoms with van der Waals surface area (Å²) in [7, 11) is 1.50. The van der Waals surface area contributed by atoms with Crippen LogP contribution in [0.2, 0.25) is 0 Å². The van der Waals surface area contributed by atoms with Crippen LogP contribution in [0.4, 0.5) is 4.39 Å². The number of rotatable bonds is 6. The normalized spacial score (nSPS) is 16.6. The number of nitrogens with zero attached hydrogens (tertiary/aromatic N) is 1. The molecule has 2 N–H and O–H groups in total. The summed E-state index contributed by atoms with van der Waals surface area (Å²) in [6.45, 7) is 1.04. The fourth-order valence-corrected chi connectivity index (χ4v) is 2.98. The molecule has 25 heavy (non-hydrogen) atoms. The fourth-order valence-electron chi connectivity index (χ4n) is 2.98. The summed E-state index contributed by atoms with van der Waals surface area (Å²) in [5.41, 5.74) is 1.84. The van der Waals surface area contributed by atoms with E-state index in [-0.39, 0.29) is 18.5 Å². The molecule has 0 spiro atoms. The van der Waals surface area contributed by atoms with Crippen molar-refractivity contribution in [2.24, 2.45) is 0 Å². The molecule has 1 saturated heterocycles. The second kappa shape index (κ2) is 8.07. The predicted octanol–water partition coefficient (Wildman–Crippen LogP) is 2.19. The first kappa shape index (κ1) is 17.4. The van der Waals surface area contributed by atoms with Gasteiger partial charge in [-0.15, -0.1) is 0 Å². The van der Waals surface area contributed by atoms with Crippen LogP contribution in [0.1, 0.15) is 29.7 Å². The molecule has 1 atom stereocenters. The van der Waals surface area contributed by atoms with E-state index >= 15 is 0 Å². The van der Waals surface area contributed by atoms with Gasteiger partial charge in [-0.3, -0.25) is 4.79 Å². The van der Waals surface area contributed by atoms with Crippen LogP contribution in [0, 0.1) is 5.82 Å². The van der Waals surface area contributed by atoms with Crippen molar-refractivity contribution in [3.8, 4) is 5.88 Å². The van der Waals surface area contributed by atoms with Crippen molar-refractivity contribution in [3.63, 3.8) is 0 Å². The number of ether oxygens (including phenoxy) is 1. The molecule has 6 heteroatoms. The van der Waals surface area contributed by atoms with Gasteiger partial charge in [-0.2, -0.15) is 0 Å². The Morgan fingerprint density at radius 2 is 2.20 bits per heavy atom. The third-order valence-corrected chi connectivity index (χ3v) is 4.33. The summed E-state index contributed by atoms with van der Waals surface area (Å²) in [6, 6.07) is 10.8. The first-order valence-electron chi connectivity index (χ1n) is 8.44. The summed E-state index contributed by atoms with van der Waals surface area (Å²) in [4.78, 5) is 16.4. The smallest absolute Gasteiger partial charge is 0.237 e. The second-order valence-electron chi connectivity index (χ2n) is 6.11. The third-order valence-electron chi connectivity index (χ3n) is 4.33. The maximum Gasteiger partial charge on any atom is 0.237 e. The molecular formula is C19H22FN3O2. The molecule has 132 valence electrons. The standard InChI is InChI=1S/C19H22FN3O2/c1-25-19-14(12-22-18(24)16-8-5-9-21-16)11-15(20)17(23-19)10-13-6-3-2-4-7-13/h2-4,6-7,11,16,21H,5,8-10,12H2,1H3,(H,22,24)/t16-/m0/s1. The SMILES string of the molecule is COc1nc(Cc2ccccc2)c(F)cc1CNC(=O)[C@@H]1CCCN1. The zero-order chi connectivity index (χ0) is 17.6. The maximum absolute atomic E-state index is 14.4. The van der Waals surface area contributed by atoms with Crippen molar-refractivity contribution in [3.05, 3.63) is 59.0 Å². The Labute approximate surface area is 146 Å². The summed E-state index contributed by atoms with van der Waals surface area (Å²) in [5, 5.41) is 5.96. The molecule has 1 amide bonds.